The lowest BCUT2D eigenvalue weighted by molar-refractivity contribution is -0.141. The maximum Gasteiger partial charge on any atom is 0.317 e. The van der Waals surface area contributed by atoms with Crippen molar-refractivity contribution in [3.63, 3.8) is 0 Å². The number of nitrogens with one attached hydrogen (secondary N) is 1. The van der Waals surface area contributed by atoms with E-state index >= 15 is 0 Å². The van der Waals surface area contributed by atoms with Gasteiger partial charge in [-0.1, -0.05) is 19.1 Å². The van der Waals surface area contributed by atoms with Crippen molar-refractivity contribution in [2.24, 2.45) is 5.92 Å². The first kappa shape index (κ1) is 16.1. The number of carboxylic acid groups (broad SMARTS) is 1. The van der Waals surface area contributed by atoms with Gasteiger partial charge in [0, 0.05) is 19.2 Å². The number of urea groups is 1. The molecule has 2 rings (SSSR count). The molecule has 120 valence electrons. The number of hydrogen-bond acceptors (Lipinski definition) is 3. The molecule has 0 radical (unpaired) electrons. The molecule has 6 heteroatoms. The lowest BCUT2D eigenvalue weighted by atomic mass is 10.0. The van der Waals surface area contributed by atoms with E-state index in [4.69, 9.17) is 9.84 Å². The smallest absolute Gasteiger partial charge is 0.317 e. The van der Waals surface area contributed by atoms with Crippen molar-refractivity contribution >= 4 is 12.0 Å². The minimum Gasteiger partial charge on any atom is -0.490 e. The second kappa shape index (κ2) is 6.25. The Morgan fingerprint density at radius 3 is 2.77 bits per heavy atom. The molecule has 1 aliphatic heterocycles. The van der Waals surface area contributed by atoms with Gasteiger partial charge < -0.3 is 20.1 Å². The molecule has 0 bridgehead atoms. The molecular formula is C16H22N2O4. The van der Waals surface area contributed by atoms with Crippen LogP contribution in [0, 0.1) is 19.8 Å². The highest BCUT2D eigenvalue weighted by Crippen LogP contribution is 2.36. The molecule has 2 atom stereocenters. The van der Waals surface area contributed by atoms with Gasteiger partial charge in [0.1, 0.15) is 12.4 Å². The van der Waals surface area contributed by atoms with Gasteiger partial charge >= 0.3 is 12.0 Å². The lowest BCUT2D eigenvalue weighted by Gasteiger charge is -2.22. The molecule has 1 aromatic carbocycles. The maximum absolute atomic E-state index is 12.2. The van der Waals surface area contributed by atoms with Crippen LogP contribution in [0.3, 0.4) is 0 Å². The normalized spacial score (nSPS) is 17.4. The number of amides is 2. The predicted octanol–water partition coefficient (Wildman–Crippen LogP) is 2.10. The second-order valence-electron chi connectivity index (χ2n) is 5.86. The van der Waals surface area contributed by atoms with Crippen molar-refractivity contribution < 1.29 is 19.4 Å². The molecular weight excluding hydrogens is 284 g/mol. The molecule has 0 aromatic heterocycles. The Morgan fingerprint density at radius 2 is 2.14 bits per heavy atom. The highest BCUT2D eigenvalue weighted by atomic mass is 16.5. The molecule has 0 spiro atoms. The van der Waals surface area contributed by atoms with E-state index in [2.05, 4.69) is 5.32 Å². The first-order valence-electron chi connectivity index (χ1n) is 7.28. The number of aliphatic carboxylic acids is 1. The van der Waals surface area contributed by atoms with Crippen molar-refractivity contribution in [1.82, 2.24) is 10.2 Å². The number of fused-ring (bicyclic) bond motifs is 1. The molecule has 0 aliphatic carbocycles. The summed E-state index contributed by atoms with van der Waals surface area (Å²) in [5.41, 5.74) is 3.20. The molecule has 1 heterocycles. The summed E-state index contributed by atoms with van der Waals surface area (Å²) < 4.78 is 5.70. The van der Waals surface area contributed by atoms with Crippen molar-refractivity contribution in [3.05, 3.63) is 28.8 Å². The Balaban J connectivity index is 2.03. The van der Waals surface area contributed by atoms with E-state index < -0.39 is 11.9 Å². The predicted molar refractivity (Wildman–Crippen MR) is 82.1 cm³/mol. The summed E-state index contributed by atoms with van der Waals surface area (Å²) in [5.74, 6) is -0.681. The molecule has 0 saturated carbocycles. The lowest BCUT2D eigenvalue weighted by Crippen LogP contribution is -2.42. The fourth-order valence-corrected chi connectivity index (χ4v) is 2.48. The molecule has 0 fully saturated rings. The zero-order chi connectivity index (χ0) is 16.4. The van der Waals surface area contributed by atoms with Crippen LogP contribution >= 0.6 is 0 Å². The highest BCUT2D eigenvalue weighted by Gasteiger charge is 2.28. The Labute approximate surface area is 130 Å². The minimum atomic E-state index is -0.916. The monoisotopic (exact) mass is 306 g/mol. The first-order chi connectivity index (χ1) is 10.3. The molecule has 1 aliphatic rings. The number of carboxylic acids is 1. The van der Waals surface area contributed by atoms with Crippen molar-refractivity contribution in [3.8, 4) is 5.75 Å². The number of rotatable bonds is 4. The average Bonchev–Trinajstić information content (AvgIpc) is 2.86. The standard InChI is InChI=1S/C16H22N2O4/c1-9-5-6-12-13(8-22-14(12)11(9)3)17-16(21)18(4)7-10(2)15(19)20/h5-6,10,13H,7-8H2,1-4H3,(H,17,21)(H,19,20). The van der Waals surface area contributed by atoms with E-state index in [-0.39, 0.29) is 18.6 Å². The van der Waals surface area contributed by atoms with Gasteiger partial charge in [-0.25, -0.2) is 4.79 Å². The number of aryl methyl sites for hydroxylation is 1. The second-order valence-corrected chi connectivity index (χ2v) is 5.86. The largest absolute Gasteiger partial charge is 0.490 e. The summed E-state index contributed by atoms with van der Waals surface area (Å²) in [5, 5.41) is 11.8. The Bertz CT molecular complexity index is 600. The quantitative estimate of drug-likeness (QED) is 0.893. The zero-order valence-electron chi connectivity index (χ0n) is 13.3. The van der Waals surface area contributed by atoms with Crippen LogP contribution < -0.4 is 10.1 Å². The third-order valence-electron chi connectivity index (χ3n) is 4.09. The van der Waals surface area contributed by atoms with Gasteiger partial charge in [0.2, 0.25) is 0 Å². The summed E-state index contributed by atoms with van der Waals surface area (Å²) in [7, 11) is 1.59. The molecule has 2 amide bonds. The summed E-state index contributed by atoms with van der Waals surface area (Å²) in [6.07, 6.45) is 0. The molecule has 0 saturated heterocycles. The number of nitrogens with zero attached hydrogens (tertiary/aromatic N) is 1. The number of hydrogen-bond donors (Lipinski definition) is 2. The fraction of sp³-hybridized carbons (Fsp3) is 0.500. The highest BCUT2D eigenvalue weighted by molar-refractivity contribution is 5.76. The Kier molecular flexibility index (Phi) is 4.59. The third kappa shape index (κ3) is 3.16. The summed E-state index contributed by atoms with van der Waals surface area (Å²) in [6, 6.07) is 3.48. The van der Waals surface area contributed by atoms with Crippen LogP contribution in [0.4, 0.5) is 4.79 Å². The number of benzene rings is 1. The van der Waals surface area contributed by atoms with Crippen LogP contribution in [0.5, 0.6) is 5.75 Å². The molecule has 1 aromatic rings. The summed E-state index contributed by atoms with van der Waals surface area (Å²) in [4.78, 5) is 24.4. The van der Waals surface area contributed by atoms with Gasteiger partial charge in [0.15, 0.2) is 0 Å². The number of carbonyl (C=O) groups excluding carboxylic acids is 1. The third-order valence-corrected chi connectivity index (χ3v) is 4.09. The summed E-state index contributed by atoms with van der Waals surface area (Å²) >= 11 is 0. The van der Waals surface area contributed by atoms with E-state index in [9.17, 15) is 9.59 Å². The van der Waals surface area contributed by atoms with E-state index in [1.165, 1.54) is 4.90 Å². The van der Waals surface area contributed by atoms with Crippen LogP contribution in [0.1, 0.15) is 29.7 Å². The topological polar surface area (TPSA) is 78.9 Å². The van der Waals surface area contributed by atoms with E-state index in [0.29, 0.717) is 6.61 Å². The van der Waals surface area contributed by atoms with Crippen LogP contribution in [-0.4, -0.2) is 42.2 Å². The van der Waals surface area contributed by atoms with Gasteiger partial charge in [-0.3, -0.25) is 4.79 Å². The summed E-state index contributed by atoms with van der Waals surface area (Å²) in [6.45, 7) is 6.15. The van der Waals surface area contributed by atoms with Gasteiger partial charge in [-0.15, -0.1) is 0 Å². The maximum atomic E-state index is 12.2. The van der Waals surface area contributed by atoms with Gasteiger partial charge in [-0.2, -0.15) is 0 Å². The first-order valence-corrected chi connectivity index (χ1v) is 7.28. The average molecular weight is 306 g/mol. The van der Waals surface area contributed by atoms with Gasteiger partial charge in [-0.05, 0) is 25.0 Å². The number of ether oxygens (including phenoxy) is 1. The van der Waals surface area contributed by atoms with Crippen molar-refractivity contribution in [2.75, 3.05) is 20.2 Å². The van der Waals surface area contributed by atoms with Crippen LogP contribution in [-0.2, 0) is 4.79 Å². The molecule has 2 N–H and O–H groups in total. The van der Waals surface area contributed by atoms with Crippen LogP contribution in [0.15, 0.2) is 12.1 Å². The molecule has 22 heavy (non-hydrogen) atoms. The van der Waals surface area contributed by atoms with Crippen molar-refractivity contribution in [2.45, 2.75) is 26.8 Å². The minimum absolute atomic E-state index is 0.161. The Hall–Kier alpha value is -2.24. The van der Waals surface area contributed by atoms with Crippen LogP contribution in [0.25, 0.3) is 0 Å². The zero-order valence-corrected chi connectivity index (χ0v) is 13.3. The Morgan fingerprint density at radius 1 is 1.45 bits per heavy atom. The van der Waals surface area contributed by atoms with E-state index in [1.54, 1.807) is 14.0 Å². The fourth-order valence-electron chi connectivity index (χ4n) is 2.48. The number of carbonyl (C=O) groups is 2. The molecule has 2 unspecified atom stereocenters. The van der Waals surface area contributed by atoms with E-state index in [0.717, 1.165) is 22.4 Å². The van der Waals surface area contributed by atoms with Gasteiger partial charge in [0.25, 0.3) is 0 Å². The SMILES string of the molecule is Cc1ccc2c(c1C)OCC2NC(=O)N(C)CC(C)C(=O)O. The van der Waals surface area contributed by atoms with Gasteiger partial charge in [0.05, 0.1) is 12.0 Å². The van der Waals surface area contributed by atoms with Crippen molar-refractivity contribution in [1.29, 1.82) is 0 Å². The molecule has 6 nitrogen and oxygen atoms in total. The van der Waals surface area contributed by atoms with E-state index in [1.807, 2.05) is 26.0 Å². The van der Waals surface area contributed by atoms with Crippen LogP contribution in [0.2, 0.25) is 0 Å².